The number of piperidine rings is 1. The minimum Gasteiger partial charge on any atom is -0.497 e. The van der Waals surface area contributed by atoms with E-state index < -0.39 is 0 Å². The molecule has 0 bridgehead atoms. The molecule has 4 rings (SSSR count). The van der Waals surface area contributed by atoms with Gasteiger partial charge in [-0.1, -0.05) is 6.42 Å². The van der Waals surface area contributed by atoms with Gasteiger partial charge in [-0.25, -0.2) is 0 Å². The van der Waals surface area contributed by atoms with Crippen molar-refractivity contribution in [3.63, 3.8) is 0 Å². The number of hydrogen-bond donors (Lipinski definition) is 0. The SMILES string of the molecule is COc1ccc(OCC(=O)N2CCCC(c3nnc4n3CCCCC4)C2)cc1. The average molecular weight is 384 g/mol. The highest BCUT2D eigenvalue weighted by Gasteiger charge is 2.29. The molecule has 0 spiro atoms. The zero-order valence-electron chi connectivity index (χ0n) is 16.5. The van der Waals surface area contributed by atoms with Gasteiger partial charge < -0.3 is 18.9 Å². The fraction of sp³-hybridized carbons (Fsp3) is 0.571. The third-order valence-corrected chi connectivity index (χ3v) is 5.70. The van der Waals surface area contributed by atoms with E-state index in [-0.39, 0.29) is 18.4 Å². The van der Waals surface area contributed by atoms with Gasteiger partial charge in [-0.15, -0.1) is 10.2 Å². The smallest absolute Gasteiger partial charge is 0.260 e. The van der Waals surface area contributed by atoms with Crippen LogP contribution in [0, 0.1) is 0 Å². The second-order valence-electron chi connectivity index (χ2n) is 7.58. The maximum absolute atomic E-state index is 12.7. The fourth-order valence-corrected chi connectivity index (χ4v) is 4.13. The van der Waals surface area contributed by atoms with E-state index in [0.29, 0.717) is 12.3 Å². The number of carbonyl (C=O) groups excluding carboxylic acids is 1. The Labute approximate surface area is 165 Å². The molecule has 0 aliphatic carbocycles. The van der Waals surface area contributed by atoms with Crippen LogP contribution >= 0.6 is 0 Å². The Hall–Kier alpha value is -2.57. The Morgan fingerprint density at radius 2 is 1.89 bits per heavy atom. The number of carbonyl (C=O) groups is 1. The van der Waals surface area contributed by atoms with Gasteiger partial charge in [-0.2, -0.15) is 0 Å². The summed E-state index contributed by atoms with van der Waals surface area (Å²) in [6, 6.07) is 7.29. The van der Waals surface area contributed by atoms with E-state index in [0.717, 1.165) is 49.8 Å². The monoisotopic (exact) mass is 384 g/mol. The molecule has 1 aromatic heterocycles. The summed E-state index contributed by atoms with van der Waals surface area (Å²) in [5.41, 5.74) is 0. The van der Waals surface area contributed by atoms with E-state index in [9.17, 15) is 4.79 Å². The Bertz CT molecular complexity index is 802. The number of likely N-dealkylation sites (tertiary alicyclic amines) is 1. The van der Waals surface area contributed by atoms with E-state index >= 15 is 0 Å². The van der Waals surface area contributed by atoms with Gasteiger partial charge in [-0.05, 0) is 49.9 Å². The predicted octanol–water partition coefficient (Wildman–Crippen LogP) is 2.80. The minimum absolute atomic E-state index is 0.0242. The molecule has 1 amide bonds. The Balaban J connectivity index is 1.36. The Morgan fingerprint density at radius 1 is 1.07 bits per heavy atom. The lowest BCUT2D eigenvalue weighted by atomic mass is 9.97. The molecule has 1 aromatic carbocycles. The molecule has 2 aliphatic rings. The highest BCUT2D eigenvalue weighted by molar-refractivity contribution is 5.78. The zero-order chi connectivity index (χ0) is 19.3. The average Bonchev–Trinajstić information content (AvgIpc) is 3.00. The van der Waals surface area contributed by atoms with Crippen LogP contribution in [-0.4, -0.2) is 52.4 Å². The van der Waals surface area contributed by atoms with Crippen LogP contribution < -0.4 is 9.47 Å². The number of ether oxygens (including phenoxy) is 2. The molecule has 1 unspecified atom stereocenters. The van der Waals surface area contributed by atoms with Crippen molar-refractivity contribution in [3.05, 3.63) is 35.9 Å². The van der Waals surface area contributed by atoms with Gasteiger partial charge in [0.15, 0.2) is 6.61 Å². The molecular weight excluding hydrogens is 356 g/mol. The predicted molar refractivity (Wildman–Crippen MR) is 105 cm³/mol. The maximum Gasteiger partial charge on any atom is 0.260 e. The first kappa shape index (κ1) is 18.8. The van der Waals surface area contributed by atoms with Gasteiger partial charge in [0, 0.05) is 32.0 Å². The normalized spacial score (nSPS) is 19.6. The number of aryl methyl sites for hydroxylation is 1. The lowest BCUT2D eigenvalue weighted by Gasteiger charge is -2.32. The molecule has 0 radical (unpaired) electrons. The van der Waals surface area contributed by atoms with E-state index in [2.05, 4.69) is 14.8 Å². The van der Waals surface area contributed by atoms with Crippen LogP contribution in [0.25, 0.3) is 0 Å². The van der Waals surface area contributed by atoms with Crippen LogP contribution in [0.15, 0.2) is 24.3 Å². The molecular formula is C21H28N4O3. The third kappa shape index (κ3) is 4.13. The summed E-state index contributed by atoms with van der Waals surface area (Å²) >= 11 is 0. The van der Waals surface area contributed by atoms with Crippen molar-refractivity contribution in [2.45, 2.75) is 51.0 Å². The quantitative estimate of drug-likeness (QED) is 0.793. The summed E-state index contributed by atoms with van der Waals surface area (Å²) in [5.74, 6) is 3.90. The van der Waals surface area contributed by atoms with Crippen molar-refractivity contribution in [1.82, 2.24) is 19.7 Å². The molecule has 7 heteroatoms. The van der Waals surface area contributed by atoms with Crippen molar-refractivity contribution in [2.75, 3.05) is 26.8 Å². The van der Waals surface area contributed by atoms with E-state index in [1.807, 2.05) is 29.2 Å². The Morgan fingerprint density at radius 3 is 2.71 bits per heavy atom. The number of rotatable bonds is 5. The second-order valence-corrected chi connectivity index (χ2v) is 7.58. The van der Waals surface area contributed by atoms with Gasteiger partial charge in [-0.3, -0.25) is 4.79 Å². The number of hydrogen-bond acceptors (Lipinski definition) is 5. The molecule has 150 valence electrons. The van der Waals surface area contributed by atoms with E-state index in [1.54, 1.807) is 7.11 Å². The number of amides is 1. The second kappa shape index (κ2) is 8.63. The van der Waals surface area contributed by atoms with Crippen LogP contribution in [0.1, 0.15) is 49.7 Å². The van der Waals surface area contributed by atoms with E-state index in [4.69, 9.17) is 9.47 Å². The lowest BCUT2D eigenvalue weighted by Crippen LogP contribution is -2.42. The molecule has 7 nitrogen and oxygen atoms in total. The molecule has 1 fully saturated rings. The van der Waals surface area contributed by atoms with Crippen LogP contribution in [0.2, 0.25) is 0 Å². The van der Waals surface area contributed by atoms with Gasteiger partial charge in [0.25, 0.3) is 5.91 Å². The van der Waals surface area contributed by atoms with Crippen molar-refractivity contribution < 1.29 is 14.3 Å². The summed E-state index contributed by atoms with van der Waals surface area (Å²) in [5, 5.41) is 8.93. The maximum atomic E-state index is 12.7. The van der Waals surface area contributed by atoms with Crippen molar-refractivity contribution in [1.29, 1.82) is 0 Å². The topological polar surface area (TPSA) is 69.5 Å². The Kier molecular flexibility index (Phi) is 5.78. The third-order valence-electron chi connectivity index (χ3n) is 5.70. The molecule has 3 heterocycles. The number of benzene rings is 1. The van der Waals surface area contributed by atoms with Gasteiger partial charge >= 0.3 is 0 Å². The summed E-state index contributed by atoms with van der Waals surface area (Å²) < 4.78 is 13.1. The summed E-state index contributed by atoms with van der Waals surface area (Å²) in [7, 11) is 1.63. The van der Waals surface area contributed by atoms with Gasteiger partial charge in [0.2, 0.25) is 0 Å². The standard InChI is InChI=1S/C21H28N4O3/c1-27-17-8-10-18(11-9-17)28-15-20(26)24-12-5-6-16(14-24)21-23-22-19-7-3-2-4-13-25(19)21/h8-11,16H,2-7,12-15H2,1H3. The van der Waals surface area contributed by atoms with Gasteiger partial charge in [0.05, 0.1) is 7.11 Å². The number of fused-ring (bicyclic) bond motifs is 1. The number of nitrogens with zero attached hydrogens (tertiary/aromatic N) is 4. The number of methoxy groups -OCH3 is 1. The van der Waals surface area contributed by atoms with Gasteiger partial charge in [0.1, 0.15) is 23.1 Å². The van der Waals surface area contributed by atoms with Crippen LogP contribution in [0.5, 0.6) is 11.5 Å². The van der Waals surface area contributed by atoms with Crippen LogP contribution in [0.3, 0.4) is 0 Å². The number of aromatic nitrogens is 3. The molecule has 1 atom stereocenters. The molecule has 1 saturated heterocycles. The lowest BCUT2D eigenvalue weighted by molar-refractivity contribution is -0.134. The summed E-state index contributed by atoms with van der Waals surface area (Å²) in [4.78, 5) is 14.6. The van der Waals surface area contributed by atoms with Crippen molar-refractivity contribution in [2.24, 2.45) is 0 Å². The van der Waals surface area contributed by atoms with Crippen LogP contribution in [0.4, 0.5) is 0 Å². The first-order chi connectivity index (χ1) is 13.7. The molecule has 2 aliphatic heterocycles. The fourth-order valence-electron chi connectivity index (χ4n) is 4.13. The molecule has 2 aromatic rings. The van der Waals surface area contributed by atoms with Crippen molar-refractivity contribution in [3.8, 4) is 11.5 Å². The molecule has 0 N–H and O–H groups in total. The highest BCUT2D eigenvalue weighted by atomic mass is 16.5. The summed E-state index contributed by atoms with van der Waals surface area (Å²) in [6.07, 6.45) is 6.68. The first-order valence-corrected chi connectivity index (χ1v) is 10.2. The minimum atomic E-state index is 0.0242. The molecule has 0 saturated carbocycles. The van der Waals surface area contributed by atoms with E-state index in [1.165, 1.54) is 19.3 Å². The zero-order valence-corrected chi connectivity index (χ0v) is 16.5. The largest absolute Gasteiger partial charge is 0.497 e. The summed E-state index contributed by atoms with van der Waals surface area (Å²) in [6.45, 7) is 2.53. The highest BCUT2D eigenvalue weighted by Crippen LogP contribution is 2.28. The first-order valence-electron chi connectivity index (χ1n) is 10.2. The van der Waals surface area contributed by atoms with Crippen molar-refractivity contribution >= 4 is 5.91 Å². The van der Waals surface area contributed by atoms with Crippen LogP contribution in [-0.2, 0) is 17.8 Å². The molecule has 28 heavy (non-hydrogen) atoms.